The van der Waals surface area contributed by atoms with Gasteiger partial charge >= 0.3 is 0 Å². The molecule has 2 atom stereocenters. The van der Waals surface area contributed by atoms with E-state index >= 15 is 0 Å². The molecule has 0 aliphatic heterocycles. The van der Waals surface area contributed by atoms with Gasteiger partial charge in [0.05, 0.1) is 12.1 Å². The van der Waals surface area contributed by atoms with Crippen molar-refractivity contribution in [2.45, 2.75) is 18.7 Å². The molecule has 0 rings (SSSR count). The van der Waals surface area contributed by atoms with E-state index in [0.717, 1.165) is 0 Å². The van der Waals surface area contributed by atoms with Crippen LogP contribution < -0.4 is 0 Å². The van der Waals surface area contributed by atoms with Gasteiger partial charge in [-0.2, -0.15) is 10.5 Å². The maximum atomic E-state index is 8.26. The van der Waals surface area contributed by atoms with Crippen molar-refractivity contribution in [2.75, 3.05) is 0 Å². The lowest BCUT2D eigenvalue weighted by molar-refractivity contribution is 0.680. The first-order chi connectivity index (χ1) is 4.20. The Morgan fingerprint density at radius 1 is 1.44 bits per heavy atom. The highest BCUT2D eigenvalue weighted by atomic mass is 35.5. The van der Waals surface area contributed by atoms with E-state index < -0.39 is 5.38 Å². The van der Waals surface area contributed by atoms with Crippen LogP contribution >= 0.6 is 11.6 Å². The predicted molar refractivity (Wildman–Crippen MR) is 34.6 cm³/mol. The summed E-state index contributed by atoms with van der Waals surface area (Å²) in [6, 6.07) is 3.84. The summed E-state index contributed by atoms with van der Waals surface area (Å²) < 4.78 is 0. The number of nitriles is 2. The Balaban J connectivity index is 3.53. The molecule has 2 nitrogen and oxygen atoms in total. The van der Waals surface area contributed by atoms with Crippen LogP contribution in [0.15, 0.2) is 0 Å². The Morgan fingerprint density at radius 3 is 2.33 bits per heavy atom. The highest BCUT2D eigenvalue weighted by Crippen LogP contribution is 2.08. The Labute approximate surface area is 59.7 Å². The van der Waals surface area contributed by atoms with Gasteiger partial charge in [-0.1, -0.05) is 0 Å². The van der Waals surface area contributed by atoms with Crippen LogP contribution in [0.5, 0.6) is 0 Å². The zero-order valence-corrected chi connectivity index (χ0v) is 5.89. The molecular formula is C6H7ClN2. The van der Waals surface area contributed by atoms with Gasteiger partial charge in [0.25, 0.3) is 0 Å². The average Bonchev–Trinajstić information content (AvgIpc) is 1.87. The molecule has 9 heavy (non-hydrogen) atoms. The normalized spacial score (nSPS) is 15.1. The Morgan fingerprint density at radius 2 is 2.00 bits per heavy atom. The highest BCUT2D eigenvalue weighted by Gasteiger charge is 2.07. The third kappa shape index (κ3) is 3.82. The van der Waals surface area contributed by atoms with Gasteiger partial charge in [-0.3, -0.25) is 0 Å². The lowest BCUT2D eigenvalue weighted by Crippen LogP contribution is -2.00. The fourth-order valence-electron chi connectivity index (χ4n) is 0.416. The van der Waals surface area contributed by atoms with Crippen molar-refractivity contribution in [2.24, 2.45) is 5.92 Å². The van der Waals surface area contributed by atoms with E-state index in [0.29, 0.717) is 6.42 Å². The molecule has 0 aromatic carbocycles. The Bertz CT molecular complexity index is 135. The monoisotopic (exact) mass is 142 g/mol. The van der Waals surface area contributed by atoms with E-state index in [1.165, 1.54) is 0 Å². The number of nitrogens with zero attached hydrogens (tertiary/aromatic N) is 2. The molecule has 2 unspecified atom stereocenters. The van der Waals surface area contributed by atoms with Gasteiger partial charge in [-0.05, 0) is 13.3 Å². The lowest BCUT2D eigenvalue weighted by atomic mass is 10.1. The highest BCUT2D eigenvalue weighted by molar-refractivity contribution is 6.22. The average molecular weight is 143 g/mol. The van der Waals surface area contributed by atoms with E-state index in [1.807, 2.05) is 12.1 Å². The second kappa shape index (κ2) is 4.18. The van der Waals surface area contributed by atoms with Crippen LogP contribution in [0.1, 0.15) is 13.3 Å². The molecule has 0 aromatic rings. The molecule has 0 saturated heterocycles. The van der Waals surface area contributed by atoms with Crippen molar-refractivity contribution in [3.63, 3.8) is 0 Å². The largest absolute Gasteiger partial charge is 0.198 e. The van der Waals surface area contributed by atoms with Gasteiger partial charge in [-0.15, -0.1) is 11.6 Å². The summed E-state index contributed by atoms with van der Waals surface area (Å²) in [6.07, 6.45) is 0.453. The molecule has 0 heterocycles. The predicted octanol–water partition coefficient (Wildman–Crippen LogP) is 1.67. The smallest absolute Gasteiger partial charge is 0.121 e. The minimum Gasteiger partial charge on any atom is -0.198 e. The van der Waals surface area contributed by atoms with Crippen LogP contribution in [0.2, 0.25) is 0 Å². The van der Waals surface area contributed by atoms with Crippen molar-refractivity contribution in [1.82, 2.24) is 0 Å². The lowest BCUT2D eigenvalue weighted by Gasteiger charge is -1.98. The van der Waals surface area contributed by atoms with Gasteiger partial charge < -0.3 is 0 Å². The van der Waals surface area contributed by atoms with Crippen molar-refractivity contribution >= 4 is 11.6 Å². The van der Waals surface area contributed by atoms with E-state index in [9.17, 15) is 0 Å². The summed E-state index contributed by atoms with van der Waals surface area (Å²) >= 11 is 5.43. The third-order valence-electron chi connectivity index (χ3n) is 0.921. The zero-order chi connectivity index (χ0) is 7.28. The molecule has 0 spiro atoms. The SMILES string of the molecule is CC(C#N)CC(Cl)C#N. The first kappa shape index (κ1) is 8.27. The molecule has 0 amide bonds. The minimum atomic E-state index is -0.514. The second-order valence-corrected chi connectivity index (χ2v) is 2.39. The topological polar surface area (TPSA) is 47.6 Å². The molecular weight excluding hydrogens is 136 g/mol. The van der Waals surface area contributed by atoms with E-state index in [4.69, 9.17) is 22.1 Å². The number of halogens is 1. The van der Waals surface area contributed by atoms with Gasteiger partial charge in [0, 0.05) is 5.92 Å². The van der Waals surface area contributed by atoms with Crippen LogP contribution in [-0.4, -0.2) is 5.38 Å². The molecule has 0 saturated carbocycles. The molecule has 0 bridgehead atoms. The van der Waals surface area contributed by atoms with E-state index in [1.54, 1.807) is 6.92 Å². The molecule has 0 aliphatic carbocycles. The summed E-state index contributed by atoms with van der Waals surface area (Å²) in [5.74, 6) is -0.118. The number of rotatable bonds is 2. The summed E-state index contributed by atoms with van der Waals surface area (Å²) in [4.78, 5) is 0. The van der Waals surface area contributed by atoms with Crippen LogP contribution in [0.25, 0.3) is 0 Å². The van der Waals surface area contributed by atoms with E-state index in [-0.39, 0.29) is 5.92 Å². The molecule has 3 heteroatoms. The van der Waals surface area contributed by atoms with E-state index in [2.05, 4.69) is 0 Å². The molecule has 0 aromatic heterocycles. The van der Waals surface area contributed by atoms with Crippen LogP contribution in [0, 0.1) is 28.6 Å². The van der Waals surface area contributed by atoms with Crippen LogP contribution in [0.4, 0.5) is 0 Å². The summed E-state index contributed by atoms with van der Waals surface area (Å²) in [5.41, 5.74) is 0. The molecule has 0 N–H and O–H groups in total. The van der Waals surface area contributed by atoms with Gasteiger partial charge in [0.2, 0.25) is 0 Å². The fraction of sp³-hybridized carbons (Fsp3) is 0.667. The third-order valence-corrected chi connectivity index (χ3v) is 1.20. The van der Waals surface area contributed by atoms with Crippen molar-refractivity contribution in [3.8, 4) is 12.1 Å². The van der Waals surface area contributed by atoms with Crippen molar-refractivity contribution < 1.29 is 0 Å². The van der Waals surface area contributed by atoms with Gasteiger partial charge in [0.1, 0.15) is 5.38 Å². The quantitative estimate of drug-likeness (QED) is 0.551. The van der Waals surface area contributed by atoms with Crippen LogP contribution in [-0.2, 0) is 0 Å². The van der Waals surface area contributed by atoms with Gasteiger partial charge in [0.15, 0.2) is 0 Å². The standard InChI is InChI=1S/C6H7ClN2/c1-5(3-8)2-6(7)4-9/h5-6H,2H2,1H3. The molecule has 0 radical (unpaired) electrons. The summed E-state index contributed by atoms with van der Waals surface area (Å²) in [7, 11) is 0. The maximum Gasteiger partial charge on any atom is 0.121 e. The first-order valence-electron chi connectivity index (χ1n) is 2.64. The van der Waals surface area contributed by atoms with Crippen LogP contribution in [0.3, 0.4) is 0 Å². The second-order valence-electron chi connectivity index (χ2n) is 1.86. The molecule has 48 valence electrons. The fourth-order valence-corrected chi connectivity index (χ4v) is 0.683. The number of hydrogen-bond donors (Lipinski definition) is 0. The van der Waals surface area contributed by atoms with Crippen molar-refractivity contribution in [3.05, 3.63) is 0 Å². The minimum absolute atomic E-state index is 0.118. The zero-order valence-electron chi connectivity index (χ0n) is 5.13. The summed E-state index contributed by atoms with van der Waals surface area (Å²) in [5, 5.41) is 15.9. The Kier molecular flexibility index (Phi) is 3.84. The molecule has 0 fully saturated rings. The first-order valence-corrected chi connectivity index (χ1v) is 3.07. The Hall–Kier alpha value is -0.730. The molecule has 0 aliphatic rings. The summed E-state index contributed by atoms with van der Waals surface area (Å²) in [6.45, 7) is 1.74. The maximum absolute atomic E-state index is 8.26. The van der Waals surface area contributed by atoms with Crippen molar-refractivity contribution in [1.29, 1.82) is 10.5 Å². The van der Waals surface area contributed by atoms with Gasteiger partial charge in [-0.25, -0.2) is 0 Å². The number of hydrogen-bond acceptors (Lipinski definition) is 2. The number of alkyl halides is 1.